The van der Waals surface area contributed by atoms with E-state index in [0.717, 1.165) is 10.3 Å². The molecule has 1 aromatic rings. The zero-order valence-corrected chi connectivity index (χ0v) is 10.9. The molecule has 0 atom stereocenters. The van der Waals surface area contributed by atoms with E-state index >= 15 is 0 Å². The van der Waals surface area contributed by atoms with E-state index in [1.807, 2.05) is 0 Å². The first-order chi connectivity index (χ1) is 7.50. The summed E-state index contributed by atoms with van der Waals surface area (Å²) in [5.41, 5.74) is 0.577. The van der Waals surface area contributed by atoms with Gasteiger partial charge in [-0.3, -0.25) is 4.79 Å². The maximum atomic E-state index is 11.6. The largest absolute Gasteiger partial charge is 0.365 e. The molecule has 0 radical (unpaired) electrons. The van der Waals surface area contributed by atoms with Gasteiger partial charge in [0.05, 0.1) is 5.56 Å². The van der Waals surface area contributed by atoms with Crippen molar-refractivity contribution < 1.29 is 4.79 Å². The van der Waals surface area contributed by atoms with Crippen LogP contribution < -0.4 is 5.32 Å². The summed E-state index contributed by atoms with van der Waals surface area (Å²) in [6, 6.07) is 3.52. The molecule has 86 valence electrons. The van der Waals surface area contributed by atoms with Crippen LogP contribution in [0.4, 0.5) is 5.82 Å². The lowest BCUT2D eigenvalue weighted by Crippen LogP contribution is -2.21. The fraction of sp³-hybridized carbons (Fsp3) is 0.273. The predicted octanol–water partition coefficient (Wildman–Crippen LogP) is 2.10. The van der Waals surface area contributed by atoms with E-state index in [-0.39, 0.29) is 5.91 Å². The second-order valence-electron chi connectivity index (χ2n) is 3.50. The van der Waals surface area contributed by atoms with Crippen LogP contribution in [0.25, 0.3) is 0 Å². The van der Waals surface area contributed by atoms with Crippen molar-refractivity contribution >= 4 is 27.7 Å². The quantitative estimate of drug-likeness (QED) is 0.921. The molecule has 1 aromatic heterocycles. The van der Waals surface area contributed by atoms with Crippen molar-refractivity contribution in [3.05, 3.63) is 35.0 Å². The summed E-state index contributed by atoms with van der Waals surface area (Å²) < 4.78 is 0.850. The zero-order valence-electron chi connectivity index (χ0n) is 9.33. The van der Waals surface area contributed by atoms with Gasteiger partial charge in [-0.05, 0) is 12.1 Å². The SMILES string of the molecule is C=C(Br)CNc1ccc(C(=O)N(C)C)cn1. The molecule has 0 aliphatic heterocycles. The van der Waals surface area contributed by atoms with Crippen LogP contribution >= 0.6 is 15.9 Å². The number of hydrogen-bond donors (Lipinski definition) is 1. The Bertz CT molecular complexity index is 387. The third-order valence-corrected chi connectivity index (χ3v) is 2.16. The second kappa shape index (κ2) is 5.65. The Balaban J connectivity index is 2.68. The number of carbonyl (C=O) groups excluding carboxylic acids is 1. The van der Waals surface area contributed by atoms with E-state index in [0.29, 0.717) is 12.1 Å². The monoisotopic (exact) mass is 283 g/mol. The molecule has 0 aliphatic rings. The topological polar surface area (TPSA) is 45.2 Å². The highest BCUT2D eigenvalue weighted by atomic mass is 79.9. The maximum absolute atomic E-state index is 11.6. The molecule has 0 spiro atoms. The molecule has 0 saturated carbocycles. The van der Waals surface area contributed by atoms with Gasteiger partial charge >= 0.3 is 0 Å². The number of nitrogens with one attached hydrogen (secondary N) is 1. The minimum Gasteiger partial charge on any atom is -0.365 e. The van der Waals surface area contributed by atoms with Gasteiger partial charge in [0.1, 0.15) is 5.82 Å². The fourth-order valence-corrected chi connectivity index (χ4v) is 1.21. The Morgan fingerprint density at radius 1 is 1.56 bits per heavy atom. The first-order valence-electron chi connectivity index (χ1n) is 4.75. The molecule has 1 N–H and O–H groups in total. The molecule has 1 heterocycles. The molecular formula is C11H14BrN3O. The van der Waals surface area contributed by atoms with Crippen molar-refractivity contribution in [3.8, 4) is 0 Å². The van der Waals surface area contributed by atoms with Crippen LogP contribution in [-0.2, 0) is 0 Å². The van der Waals surface area contributed by atoms with Crippen LogP contribution in [-0.4, -0.2) is 36.4 Å². The van der Waals surface area contributed by atoms with Crippen molar-refractivity contribution in [2.45, 2.75) is 0 Å². The number of anilines is 1. The molecule has 0 saturated heterocycles. The van der Waals surface area contributed by atoms with Gasteiger partial charge in [-0.15, -0.1) is 0 Å². The molecule has 0 fully saturated rings. The Morgan fingerprint density at radius 3 is 2.69 bits per heavy atom. The molecule has 1 amide bonds. The number of rotatable bonds is 4. The third-order valence-electron chi connectivity index (χ3n) is 1.88. The smallest absolute Gasteiger partial charge is 0.254 e. The van der Waals surface area contributed by atoms with Gasteiger partial charge in [0, 0.05) is 31.3 Å². The fourth-order valence-electron chi connectivity index (χ4n) is 1.07. The summed E-state index contributed by atoms with van der Waals surface area (Å²) in [6.07, 6.45) is 1.56. The van der Waals surface area contributed by atoms with Gasteiger partial charge in [0.15, 0.2) is 0 Å². The average Bonchev–Trinajstić information content (AvgIpc) is 2.26. The summed E-state index contributed by atoms with van der Waals surface area (Å²) in [6.45, 7) is 4.31. The Hall–Kier alpha value is -1.36. The third kappa shape index (κ3) is 3.66. The van der Waals surface area contributed by atoms with Crippen LogP contribution in [0.3, 0.4) is 0 Å². The Morgan fingerprint density at radius 2 is 2.25 bits per heavy atom. The average molecular weight is 284 g/mol. The van der Waals surface area contributed by atoms with E-state index in [2.05, 4.69) is 32.8 Å². The van der Waals surface area contributed by atoms with Crippen molar-refractivity contribution in [1.82, 2.24) is 9.88 Å². The molecule has 16 heavy (non-hydrogen) atoms. The lowest BCUT2D eigenvalue weighted by molar-refractivity contribution is 0.0827. The summed E-state index contributed by atoms with van der Waals surface area (Å²) in [5.74, 6) is 0.667. The van der Waals surface area contributed by atoms with Crippen molar-refractivity contribution in [1.29, 1.82) is 0 Å². The van der Waals surface area contributed by atoms with E-state index < -0.39 is 0 Å². The van der Waals surface area contributed by atoms with Crippen molar-refractivity contribution in [2.24, 2.45) is 0 Å². The van der Waals surface area contributed by atoms with Crippen LogP contribution in [0.5, 0.6) is 0 Å². The molecule has 5 heteroatoms. The summed E-state index contributed by atoms with van der Waals surface area (Å²) in [4.78, 5) is 17.2. The highest BCUT2D eigenvalue weighted by Gasteiger charge is 2.07. The van der Waals surface area contributed by atoms with Gasteiger partial charge in [-0.25, -0.2) is 4.98 Å². The molecular weight excluding hydrogens is 270 g/mol. The first-order valence-corrected chi connectivity index (χ1v) is 5.55. The number of amides is 1. The van der Waals surface area contributed by atoms with Crippen LogP contribution in [0.1, 0.15) is 10.4 Å². The van der Waals surface area contributed by atoms with Gasteiger partial charge in [-0.2, -0.15) is 0 Å². The number of carbonyl (C=O) groups is 1. The number of hydrogen-bond acceptors (Lipinski definition) is 3. The van der Waals surface area contributed by atoms with E-state index in [9.17, 15) is 4.79 Å². The van der Waals surface area contributed by atoms with Crippen LogP contribution in [0.15, 0.2) is 29.4 Å². The summed E-state index contributed by atoms with van der Waals surface area (Å²) >= 11 is 3.24. The standard InChI is InChI=1S/C11H14BrN3O/c1-8(12)6-13-10-5-4-9(7-14-10)11(16)15(2)3/h4-5,7H,1,6H2,2-3H3,(H,13,14). The molecule has 0 aromatic carbocycles. The second-order valence-corrected chi connectivity index (χ2v) is 4.62. The highest BCUT2D eigenvalue weighted by Crippen LogP contribution is 2.08. The van der Waals surface area contributed by atoms with E-state index in [1.54, 1.807) is 32.4 Å². The van der Waals surface area contributed by atoms with Crippen molar-refractivity contribution in [2.75, 3.05) is 26.0 Å². The Labute approximate surface area is 103 Å². The minimum absolute atomic E-state index is 0.0519. The Kier molecular flexibility index (Phi) is 4.49. The lowest BCUT2D eigenvalue weighted by Gasteiger charge is -2.10. The lowest BCUT2D eigenvalue weighted by atomic mass is 10.2. The highest BCUT2D eigenvalue weighted by molar-refractivity contribution is 9.11. The van der Waals surface area contributed by atoms with Crippen molar-refractivity contribution in [3.63, 3.8) is 0 Å². The molecule has 1 rings (SSSR count). The minimum atomic E-state index is -0.0519. The van der Waals surface area contributed by atoms with Gasteiger partial charge < -0.3 is 10.2 Å². The molecule has 0 aliphatic carbocycles. The molecule has 0 unspecified atom stereocenters. The van der Waals surface area contributed by atoms with E-state index in [4.69, 9.17) is 0 Å². The predicted molar refractivity (Wildman–Crippen MR) is 68.8 cm³/mol. The summed E-state index contributed by atoms with van der Waals surface area (Å²) in [7, 11) is 3.42. The van der Waals surface area contributed by atoms with E-state index in [1.165, 1.54) is 4.90 Å². The molecule has 0 bridgehead atoms. The number of nitrogens with zero attached hydrogens (tertiary/aromatic N) is 2. The number of halogens is 1. The van der Waals surface area contributed by atoms with Gasteiger partial charge in [-0.1, -0.05) is 22.5 Å². The van der Waals surface area contributed by atoms with Crippen LogP contribution in [0, 0.1) is 0 Å². The van der Waals surface area contributed by atoms with Gasteiger partial charge in [0.2, 0.25) is 0 Å². The number of aromatic nitrogens is 1. The van der Waals surface area contributed by atoms with Gasteiger partial charge in [0.25, 0.3) is 5.91 Å². The number of pyridine rings is 1. The zero-order chi connectivity index (χ0) is 12.1. The molecule has 4 nitrogen and oxygen atoms in total. The van der Waals surface area contributed by atoms with Crippen LogP contribution in [0.2, 0.25) is 0 Å². The normalized spacial score (nSPS) is 9.69. The maximum Gasteiger partial charge on any atom is 0.254 e. The summed E-state index contributed by atoms with van der Waals surface area (Å²) in [5, 5.41) is 3.06. The first kappa shape index (κ1) is 12.7.